The van der Waals surface area contributed by atoms with Crippen LogP contribution in [0, 0.1) is 11.6 Å². The van der Waals surface area contributed by atoms with Gasteiger partial charge >= 0.3 is 0 Å². The summed E-state index contributed by atoms with van der Waals surface area (Å²) in [6.45, 7) is 1.71. The summed E-state index contributed by atoms with van der Waals surface area (Å²) in [5, 5.41) is 6.34. The van der Waals surface area contributed by atoms with Crippen LogP contribution in [-0.2, 0) is 0 Å². The van der Waals surface area contributed by atoms with Crippen molar-refractivity contribution < 1.29 is 8.78 Å². The molecule has 1 heterocycles. The van der Waals surface area contributed by atoms with Gasteiger partial charge in [-0.1, -0.05) is 6.07 Å². The average molecular weight is 379 g/mol. The van der Waals surface area contributed by atoms with E-state index in [-0.39, 0.29) is 41.5 Å². The first-order chi connectivity index (χ1) is 8.75. The molecule has 6 heteroatoms. The SMILES string of the molecule is Fc1cccc(F)c1C1CC1NC1=NCCCN1.I. The van der Waals surface area contributed by atoms with E-state index in [1.807, 2.05) is 0 Å². The molecule has 1 fully saturated rings. The Kier molecular flexibility index (Phi) is 4.59. The predicted octanol–water partition coefficient (Wildman–Crippen LogP) is 2.38. The predicted molar refractivity (Wildman–Crippen MR) is 81.0 cm³/mol. The first kappa shape index (κ1) is 14.5. The standard InChI is InChI=1S/C13H15F2N3.HI/c14-9-3-1-4-10(15)12(9)8-7-11(8)18-13-16-5-2-6-17-13;/h1,3-4,8,11H,2,5-7H2,(H2,16,17,18);1H. The zero-order chi connectivity index (χ0) is 12.5. The molecule has 3 rings (SSSR count). The maximum absolute atomic E-state index is 13.6. The van der Waals surface area contributed by atoms with Crippen molar-refractivity contribution in [3.8, 4) is 0 Å². The molecule has 19 heavy (non-hydrogen) atoms. The number of guanidine groups is 1. The van der Waals surface area contributed by atoms with Gasteiger partial charge in [-0.05, 0) is 25.0 Å². The Bertz CT molecular complexity index is 473. The second-order valence-electron chi connectivity index (χ2n) is 4.74. The lowest BCUT2D eigenvalue weighted by Crippen LogP contribution is -2.42. The van der Waals surface area contributed by atoms with Crippen LogP contribution in [0.15, 0.2) is 23.2 Å². The fourth-order valence-electron chi connectivity index (χ4n) is 2.34. The summed E-state index contributed by atoms with van der Waals surface area (Å²) in [5.41, 5.74) is 0.200. The largest absolute Gasteiger partial charge is 0.356 e. The maximum Gasteiger partial charge on any atom is 0.191 e. The van der Waals surface area contributed by atoms with Crippen LogP contribution in [0.5, 0.6) is 0 Å². The Morgan fingerprint density at radius 1 is 1.26 bits per heavy atom. The van der Waals surface area contributed by atoms with E-state index in [0.29, 0.717) is 0 Å². The molecule has 1 aromatic rings. The normalized spacial score (nSPS) is 24.8. The van der Waals surface area contributed by atoms with Crippen molar-refractivity contribution in [2.45, 2.75) is 24.8 Å². The zero-order valence-electron chi connectivity index (χ0n) is 10.3. The molecule has 2 unspecified atom stereocenters. The third kappa shape index (κ3) is 3.16. The van der Waals surface area contributed by atoms with Crippen molar-refractivity contribution in [1.29, 1.82) is 0 Å². The summed E-state index contributed by atoms with van der Waals surface area (Å²) in [6, 6.07) is 4.10. The highest BCUT2D eigenvalue weighted by Crippen LogP contribution is 2.43. The Morgan fingerprint density at radius 2 is 2.00 bits per heavy atom. The van der Waals surface area contributed by atoms with Crippen LogP contribution in [0.25, 0.3) is 0 Å². The van der Waals surface area contributed by atoms with Crippen LogP contribution >= 0.6 is 24.0 Å². The number of nitrogens with one attached hydrogen (secondary N) is 2. The topological polar surface area (TPSA) is 36.4 Å². The van der Waals surface area contributed by atoms with Crippen molar-refractivity contribution >= 4 is 29.9 Å². The van der Waals surface area contributed by atoms with E-state index in [1.54, 1.807) is 0 Å². The second-order valence-corrected chi connectivity index (χ2v) is 4.74. The average Bonchev–Trinajstić information content (AvgIpc) is 3.09. The van der Waals surface area contributed by atoms with Crippen molar-refractivity contribution in [2.75, 3.05) is 13.1 Å². The molecule has 0 amide bonds. The molecular weight excluding hydrogens is 363 g/mol. The van der Waals surface area contributed by atoms with Crippen LogP contribution in [-0.4, -0.2) is 25.1 Å². The Hall–Kier alpha value is -0.920. The molecule has 104 valence electrons. The van der Waals surface area contributed by atoms with Crippen LogP contribution in [0.1, 0.15) is 24.3 Å². The molecule has 0 saturated heterocycles. The highest BCUT2D eigenvalue weighted by Gasteiger charge is 2.42. The first-order valence-electron chi connectivity index (χ1n) is 6.24. The van der Waals surface area contributed by atoms with Gasteiger partial charge in [0.05, 0.1) is 0 Å². The Balaban J connectivity index is 0.00000133. The monoisotopic (exact) mass is 379 g/mol. The number of nitrogens with zero attached hydrogens (tertiary/aromatic N) is 1. The fourth-order valence-corrected chi connectivity index (χ4v) is 2.34. The molecule has 1 aliphatic carbocycles. The molecule has 0 spiro atoms. The van der Waals surface area contributed by atoms with Crippen LogP contribution in [0.4, 0.5) is 8.78 Å². The number of rotatable bonds is 2. The zero-order valence-corrected chi connectivity index (χ0v) is 12.7. The first-order valence-corrected chi connectivity index (χ1v) is 6.24. The molecule has 2 atom stereocenters. The molecular formula is C13H16F2IN3. The molecule has 2 N–H and O–H groups in total. The minimum Gasteiger partial charge on any atom is -0.356 e. The van der Waals surface area contributed by atoms with E-state index < -0.39 is 11.6 Å². The molecule has 0 bridgehead atoms. The lowest BCUT2D eigenvalue weighted by molar-refractivity contribution is 0.553. The summed E-state index contributed by atoms with van der Waals surface area (Å²) in [6.07, 6.45) is 1.78. The van der Waals surface area contributed by atoms with E-state index in [1.165, 1.54) is 18.2 Å². The summed E-state index contributed by atoms with van der Waals surface area (Å²) >= 11 is 0. The summed E-state index contributed by atoms with van der Waals surface area (Å²) in [4.78, 5) is 4.29. The van der Waals surface area contributed by atoms with Crippen LogP contribution in [0.2, 0.25) is 0 Å². The number of halogens is 3. The van der Waals surface area contributed by atoms with Crippen LogP contribution in [0.3, 0.4) is 0 Å². The van der Waals surface area contributed by atoms with Crippen molar-refractivity contribution in [1.82, 2.24) is 10.6 Å². The van der Waals surface area contributed by atoms with Crippen molar-refractivity contribution in [3.63, 3.8) is 0 Å². The summed E-state index contributed by atoms with van der Waals surface area (Å²) in [7, 11) is 0. The van der Waals surface area contributed by atoms with E-state index in [9.17, 15) is 8.78 Å². The highest BCUT2D eigenvalue weighted by atomic mass is 127. The Labute approximate surface area is 127 Å². The van der Waals surface area contributed by atoms with Crippen LogP contribution < -0.4 is 10.6 Å². The lowest BCUT2D eigenvalue weighted by Gasteiger charge is -2.16. The maximum atomic E-state index is 13.6. The third-order valence-electron chi connectivity index (χ3n) is 3.38. The van der Waals surface area contributed by atoms with Gasteiger partial charge in [-0.15, -0.1) is 24.0 Å². The number of hydrogen-bond acceptors (Lipinski definition) is 3. The number of benzene rings is 1. The summed E-state index contributed by atoms with van der Waals surface area (Å²) < 4.78 is 27.2. The second kappa shape index (κ2) is 6.02. The molecule has 0 radical (unpaired) electrons. The van der Waals surface area contributed by atoms with Gasteiger partial charge in [0.15, 0.2) is 5.96 Å². The van der Waals surface area contributed by atoms with Gasteiger partial charge < -0.3 is 10.6 Å². The van der Waals surface area contributed by atoms with Gasteiger partial charge in [0, 0.05) is 30.6 Å². The van der Waals surface area contributed by atoms with Gasteiger partial charge in [-0.3, -0.25) is 4.99 Å². The minimum atomic E-state index is -0.456. The molecule has 1 aliphatic heterocycles. The van der Waals surface area contributed by atoms with E-state index in [4.69, 9.17) is 0 Å². The molecule has 1 aromatic carbocycles. The smallest absolute Gasteiger partial charge is 0.191 e. The highest BCUT2D eigenvalue weighted by molar-refractivity contribution is 14.0. The van der Waals surface area contributed by atoms with Crippen molar-refractivity contribution in [2.24, 2.45) is 4.99 Å². The molecule has 2 aliphatic rings. The van der Waals surface area contributed by atoms with Gasteiger partial charge in [-0.2, -0.15) is 0 Å². The Morgan fingerprint density at radius 3 is 2.63 bits per heavy atom. The van der Waals surface area contributed by atoms with E-state index >= 15 is 0 Å². The van der Waals surface area contributed by atoms with E-state index in [2.05, 4.69) is 15.6 Å². The van der Waals surface area contributed by atoms with Crippen molar-refractivity contribution in [3.05, 3.63) is 35.4 Å². The minimum absolute atomic E-state index is 0. The van der Waals surface area contributed by atoms with E-state index in [0.717, 1.165) is 31.9 Å². The quantitative estimate of drug-likeness (QED) is 0.775. The summed E-state index contributed by atoms with van der Waals surface area (Å²) in [5.74, 6) is -0.242. The fraction of sp³-hybridized carbons (Fsp3) is 0.462. The van der Waals surface area contributed by atoms with Gasteiger partial charge in [0.1, 0.15) is 11.6 Å². The molecule has 1 saturated carbocycles. The van der Waals surface area contributed by atoms with Gasteiger partial charge in [0.25, 0.3) is 0 Å². The van der Waals surface area contributed by atoms with Gasteiger partial charge in [-0.25, -0.2) is 8.78 Å². The lowest BCUT2D eigenvalue weighted by atomic mass is 10.1. The molecule has 3 nitrogen and oxygen atoms in total. The van der Waals surface area contributed by atoms with Gasteiger partial charge in [0.2, 0.25) is 0 Å². The number of aliphatic imine (C=N–C) groups is 1. The third-order valence-corrected chi connectivity index (χ3v) is 3.38. The number of hydrogen-bond donors (Lipinski definition) is 2. The molecule has 0 aromatic heterocycles.